The first-order valence-corrected chi connectivity index (χ1v) is 8.60. The van der Waals surface area contributed by atoms with E-state index in [0.717, 1.165) is 36.5 Å². The van der Waals surface area contributed by atoms with E-state index >= 15 is 0 Å². The quantitative estimate of drug-likeness (QED) is 0.559. The van der Waals surface area contributed by atoms with Crippen molar-refractivity contribution in [3.05, 3.63) is 66.5 Å². The number of methoxy groups -OCH3 is 1. The Bertz CT molecular complexity index is 835. The van der Waals surface area contributed by atoms with Crippen LogP contribution in [0.3, 0.4) is 0 Å². The molecule has 1 aromatic carbocycles. The summed E-state index contributed by atoms with van der Waals surface area (Å²) in [5, 5.41) is 0. The van der Waals surface area contributed by atoms with Crippen molar-refractivity contribution in [2.45, 2.75) is 13.3 Å². The number of ether oxygens (including phenoxy) is 3. The predicted octanol–water partition coefficient (Wildman–Crippen LogP) is 4.52. The van der Waals surface area contributed by atoms with Crippen molar-refractivity contribution in [2.75, 3.05) is 20.3 Å². The van der Waals surface area contributed by atoms with E-state index in [2.05, 4.69) is 9.97 Å². The van der Waals surface area contributed by atoms with Crippen LogP contribution in [-0.2, 0) is 11.2 Å². The summed E-state index contributed by atoms with van der Waals surface area (Å²) in [6, 6.07) is 15.6. The number of aromatic nitrogens is 2. The van der Waals surface area contributed by atoms with Crippen molar-refractivity contribution in [1.29, 1.82) is 0 Å². The van der Waals surface area contributed by atoms with Gasteiger partial charge in [-0.2, -0.15) is 0 Å². The highest BCUT2D eigenvalue weighted by Gasteiger charge is 2.13. The van der Waals surface area contributed by atoms with Crippen LogP contribution in [0.15, 0.2) is 60.9 Å². The van der Waals surface area contributed by atoms with Crippen LogP contribution in [-0.4, -0.2) is 30.3 Å². The average molecular weight is 350 g/mol. The molecule has 0 amide bonds. The largest absolute Gasteiger partial charge is 0.481 e. The van der Waals surface area contributed by atoms with Crippen LogP contribution in [0.4, 0.5) is 0 Å². The fourth-order valence-corrected chi connectivity index (χ4v) is 2.61. The molecule has 26 heavy (non-hydrogen) atoms. The Balaban J connectivity index is 1.81. The van der Waals surface area contributed by atoms with Crippen LogP contribution >= 0.6 is 0 Å². The van der Waals surface area contributed by atoms with Crippen LogP contribution in [0, 0.1) is 0 Å². The SMILES string of the molecule is CCOCCc1ccc(Oc2ncccc2-c2cccnc2OC)cc1. The van der Waals surface area contributed by atoms with Gasteiger partial charge >= 0.3 is 0 Å². The van der Waals surface area contributed by atoms with Gasteiger partial charge in [-0.15, -0.1) is 0 Å². The lowest BCUT2D eigenvalue weighted by Gasteiger charge is -2.12. The summed E-state index contributed by atoms with van der Waals surface area (Å²) in [5.74, 6) is 1.78. The molecule has 0 aliphatic carbocycles. The molecule has 5 heteroatoms. The second kappa shape index (κ2) is 8.97. The molecule has 0 saturated carbocycles. The minimum absolute atomic E-state index is 0.515. The summed E-state index contributed by atoms with van der Waals surface area (Å²) in [6.07, 6.45) is 4.29. The summed E-state index contributed by atoms with van der Waals surface area (Å²) >= 11 is 0. The Labute approximate surface area is 153 Å². The first-order valence-electron chi connectivity index (χ1n) is 8.60. The van der Waals surface area contributed by atoms with E-state index in [0.29, 0.717) is 11.8 Å². The van der Waals surface area contributed by atoms with Gasteiger partial charge in [0.15, 0.2) is 0 Å². The van der Waals surface area contributed by atoms with E-state index < -0.39 is 0 Å². The monoisotopic (exact) mass is 350 g/mol. The van der Waals surface area contributed by atoms with E-state index in [-0.39, 0.29) is 0 Å². The molecule has 134 valence electrons. The molecule has 0 saturated heterocycles. The average Bonchev–Trinajstić information content (AvgIpc) is 2.70. The van der Waals surface area contributed by atoms with Gasteiger partial charge in [-0.05, 0) is 55.3 Å². The topological polar surface area (TPSA) is 53.5 Å². The van der Waals surface area contributed by atoms with Gasteiger partial charge in [0.05, 0.1) is 13.7 Å². The third kappa shape index (κ3) is 4.37. The second-order valence-electron chi connectivity index (χ2n) is 5.61. The summed E-state index contributed by atoms with van der Waals surface area (Å²) in [6.45, 7) is 3.46. The smallest absolute Gasteiger partial charge is 0.227 e. The molecule has 0 radical (unpaired) electrons. The van der Waals surface area contributed by atoms with Gasteiger partial charge in [-0.25, -0.2) is 9.97 Å². The summed E-state index contributed by atoms with van der Waals surface area (Å²) in [4.78, 5) is 8.63. The van der Waals surface area contributed by atoms with Crippen LogP contribution in [0.5, 0.6) is 17.5 Å². The molecule has 3 aromatic rings. The lowest BCUT2D eigenvalue weighted by molar-refractivity contribution is 0.151. The van der Waals surface area contributed by atoms with Crippen molar-refractivity contribution in [1.82, 2.24) is 9.97 Å². The van der Waals surface area contributed by atoms with Crippen molar-refractivity contribution in [3.63, 3.8) is 0 Å². The predicted molar refractivity (Wildman–Crippen MR) is 101 cm³/mol. The number of nitrogens with zero attached hydrogens (tertiary/aromatic N) is 2. The van der Waals surface area contributed by atoms with E-state index in [4.69, 9.17) is 14.2 Å². The van der Waals surface area contributed by atoms with Crippen LogP contribution in [0.2, 0.25) is 0 Å². The van der Waals surface area contributed by atoms with Gasteiger partial charge in [0.25, 0.3) is 0 Å². The molecule has 3 rings (SSSR count). The molecule has 2 heterocycles. The minimum atomic E-state index is 0.515. The maximum Gasteiger partial charge on any atom is 0.227 e. The van der Waals surface area contributed by atoms with Gasteiger partial charge in [0.2, 0.25) is 11.8 Å². The standard InChI is InChI=1S/C21H22N2O3/c1-3-25-15-12-16-8-10-17(11-9-16)26-21-19(7-5-14-23-21)18-6-4-13-22-20(18)24-2/h4-11,13-14H,3,12,15H2,1-2H3. The van der Waals surface area contributed by atoms with E-state index in [9.17, 15) is 0 Å². The van der Waals surface area contributed by atoms with E-state index in [1.165, 1.54) is 5.56 Å². The number of benzene rings is 1. The number of hydrogen-bond acceptors (Lipinski definition) is 5. The molecule has 0 aliphatic heterocycles. The summed E-state index contributed by atoms with van der Waals surface area (Å²) in [5.41, 5.74) is 2.88. The molecule has 2 aromatic heterocycles. The fraction of sp³-hybridized carbons (Fsp3) is 0.238. The zero-order valence-corrected chi connectivity index (χ0v) is 15.0. The Hall–Kier alpha value is -2.92. The highest BCUT2D eigenvalue weighted by molar-refractivity contribution is 5.73. The lowest BCUT2D eigenvalue weighted by Crippen LogP contribution is -1.98. The van der Waals surface area contributed by atoms with Gasteiger partial charge in [-0.1, -0.05) is 12.1 Å². The van der Waals surface area contributed by atoms with Gasteiger partial charge < -0.3 is 14.2 Å². The highest BCUT2D eigenvalue weighted by Crippen LogP contribution is 2.35. The van der Waals surface area contributed by atoms with Gasteiger partial charge in [0, 0.05) is 30.1 Å². The molecule has 0 spiro atoms. The summed E-state index contributed by atoms with van der Waals surface area (Å²) in [7, 11) is 1.60. The maximum atomic E-state index is 6.02. The molecule has 0 fully saturated rings. The Morgan fingerprint density at radius 1 is 0.846 bits per heavy atom. The molecule has 0 atom stereocenters. The first-order chi connectivity index (χ1) is 12.8. The lowest BCUT2D eigenvalue weighted by atomic mass is 10.1. The van der Waals surface area contributed by atoms with Crippen molar-refractivity contribution >= 4 is 0 Å². The number of rotatable bonds is 8. The minimum Gasteiger partial charge on any atom is -0.481 e. The number of pyridine rings is 2. The first kappa shape index (κ1) is 17.9. The summed E-state index contributed by atoms with van der Waals surface area (Å²) < 4.78 is 16.8. The van der Waals surface area contributed by atoms with E-state index in [1.54, 1.807) is 19.5 Å². The van der Waals surface area contributed by atoms with Crippen molar-refractivity contribution in [3.8, 4) is 28.6 Å². The third-order valence-corrected chi connectivity index (χ3v) is 3.90. The second-order valence-corrected chi connectivity index (χ2v) is 5.61. The molecule has 0 N–H and O–H groups in total. The molecular formula is C21H22N2O3. The Morgan fingerprint density at radius 2 is 1.50 bits per heavy atom. The van der Waals surface area contributed by atoms with Crippen molar-refractivity contribution < 1.29 is 14.2 Å². The fourth-order valence-electron chi connectivity index (χ4n) is 2.61. The Morgan fingerprint density at radius 3 is 2.15 bits per heavy atom. The normalized spacial score (nSPS) is 10.5. The maximum absolute atomic E-state index is 6.02. The van der Waals surface area contributed by atoms with Gasteiger partial charge in [0.1, 0.15) is 5.75 Å². The molecule has 0 bridgehead atoms. The molecular weight excluding hydrogens is 328 g/mol. The van der Waals surface area contributed by atoms with E-state index in [1.807, 2.05) is 55.5 Å². The highest BCUT2D eigenvalue weighted by atomic mass is 16.5. The van der Waals surface area contributed by atoms with Crippen LogP contribution in [0.25, 0.3) is 11.1 Å². The van der Waals surface area contributed by atoms with Crippen LogP contribution in [0.1, 0.15) is 12.5 Å². The van der Waals surface area contributed by atoms with Crippen molar-refractivity contribution in [2.24, 2.45) is 0 Å². The van der Waals surface area contributed by atoms with Gasteiger partial charge in [-0.3, -0.25) is 0 Å². The zero-order chi connectivity index (χ0) is 18.2. The molecule has 0 aliphatic rings. The third-order valence-electron chi connectivity index (χ3n) is 3.90. The van der Waals surface area contributed by atoms with Crippen LogP contribution < -0.4 is 9.47 Å². The molecule has 5 nitrogen and oxygen atoms in total. The zero-order valence-electron chi connectivity index (χ0n) is 15.0. The Kier molecular flexibility index (Phi) is 6.17. The molecule has 0 unspecified atom stereocenters. The number of hydrogen-bond donors (Lipinski definition) is 0.